The molecule has 0 bridgehead atoms. The first kappa shape index (κ1) is 25.1. The van der Waals surface area contributed by atoms with Gasteiger partial charge < -0.3 is 20.1 Å². The van der Waals surface area contributed by atoms with Crippen LogP contribution in [-0.2, 0) is 4.74 Å². The van der Waals surface area contributed by atoms with Crippen molar-refractivity contribution in [1.82, 2.24) is 20.2 Å². The number of carbonyl (C=O) groups is 2. The van der Waals surface area contributed by atoms with Crippen LogP contribution < -0.4 is 5.32 Å². The summed E-state index contributed by atoms with van der Waals surface area (Å²) < 4.78 is 6.00. The summed E-state index contributed by atoms with van der Waals surface area (Å²) in [6.07, 6.45) is 6.07. The first-order chi connectivity index (χ1) is 16.5. The fourth-order valence-corrected chi connectivity index (χ4v) is 4.71. The lowest BCUT2D eigenvalue weighted by molar-refractivity contribution is -0.119. The Bertz CT molecular complexity index is 1060. The third-order valence-corrected chi connectivity index (χ3v) is 7.05. The van der Waals surface area contributed by atoms with Gasteiger partial charge in [-0.15, -0.1) is 0 Å². The van der Waals surface area contributed by atoms with Crippen molar-refractivity contribution in [2.24, 2.45) is 5.92 Å². The predicted molar refractivity (Wildman–Crippen MR) is 133 cm³/mol. The van der Waals surface area contributed by atoms with Gasteiger partial charge in [0, 0.05) is 43.4 Å². The highest BCUT2D eigenvalue weighted by Gasteiger charge is 2.47. The Labute approximate surface area is 207 Å². The average molecular weight is 481 g/mol. The Balaban J connectivity index is 1.42. The highest BCUT2D eigenvalue weighted by Crippen LogP contribution is 2.40. The van der Waals surface area contributed by atoms with E-state index in [4.69, 9.17) is 4.74 Å². The molecule has 1 saturated carbocycles. The molecule has 2 aromatic rings. The number of carbonyl (C=O) groups excluding carboxylic acids is 2. The summed E-state index contributed by atoms with van der Waals surface area (Å²) in [5.74, 6) is 0.0419. The molecule has 0 spiro atoms. The number of benzene rings is 1. The highest BCUT2D eigenvalue weighted by atomic mass is 16.6. The molecule has 1 aliphatic carbocycles. The Kier molecular flexibility index (Phi) is 6.86. The van der Waals surface area contributed by atoms with E-state index in [0.717, 1.165) is 29.5 Å². The summed E-state index contributed by atoms with van der Waals surface area (Å²) in [6, 6.07) is 8.02. The number of rotatable bonds is 8. The van der Waals surface area contributed by atoms with Gasteiger partial charge >= 0.3 is 6.09 Å². The number of cyclic esters (lactones) is 1. The zero-order chi connectivity index (χ0) is 25.4. The number of amides is 2. The Morgan fingerprint density at radius 1 is 1.17 bits per heavy atom. The lowest BCUT2D eigenvalue weighted by atomic mass is 9.77. The molecular weight excluding hydrogens is 444 g/mol. The molecule has 4 rings (SSSR count). The standard InChI is InChI=1S/C27H36N4O4/c1-17(2)27(16-26(4,5)34)12-13-31(25(33)35-27)18(3)19-6-8-20(9-7-19)21-14-28-23(29-15-21)24(32)30-22-10-11-22/h6-9,14-15,17-18,22,34H,10-13,16H2,1-5H3,(H,30,32). The third kappa shape index (κ3) is 5.81. The SMILES string of the molecule is CC(c1ccc(-c2cnc(C(=O)NC3CC3)nc2)cc1)N1CCC(CC(C)(C)O)(C(C)C)OC1=O. The third-order valence-electron chi connectivity index (χ3n) is 7.05. The summed E-state index contributed by atoms with van der Waals surface area (Å²) in [5, 5.41) is 13.3. The summed E-state index contributed by atoms with van der Waals surface area (Å²) in [6.45, 7) is 10.1. The molecule has 2 amide bonds. The molecule has 2 fully saturated rings. The molecule has 188 valence electrons. The van der Waals surface area contributed by atoms with Gasteiger partial charge in [0.05, 0.1) is 11.6 Å². The van der Waals surface area contributed by atoms with E-state index in [1.54, 1.807) is 31.1 Å². The number of nitrogens with zero attached hydrogens (tertiary/aromatic N) is 3. The van der Waals surface area contributed by atoms with Crippen LogP contribution in [0.3, 0.4) is 0 Å². The van der Waals surface area contributed by atoms with Crippen molar-refractivity contribution >= 4 is 12.0 Å². The fraction of sp³-hybridized carbons (Fsp3) is 0.556. The van der Waals surface area contributed by atoms with E-state index in [1.807, 2.05) is 45.0 Å². The molecule has 1 aromatic carbocycles. The average Bonchev–Trinajstić information content (AvgIpc) is 3.62. The second-order valence-electron chi connectivity index (χ2n) is 10.9. The molecule has 2 N–H and O–H groups in total. The van der Waals surface area contributed by atoms with Gasteiger partial charge in [-0.25, -0.2) is 14.8 Å². The van der Waals surface area contributed by atoms with Crippen molar-refractivity contribution in [2.45, 2.75) is 83.6 Å². The Hall–Kier alpha value is -3.00. The normalized spacial score (nSPS) is 21.6. The molecule has 2 aliphatic rings. The monoisotopic (exact) mass is 480 g/mol. The van der Waals surface area contributed by atoms with E-state index >= 15 is 0 Å². The maximum Gasteiger partial charge on any atom is 0.410 e. The summed E-state index contributed by atoms with van der Waals surface area (Å²) >= 11 is 0. The number of aromatic nitrogens is 2. The summed E-state index contributed by atoms with van der Waals surface area (Å²) in [7, 11) is 0. The zero-order valence-electron chi connectivity index (χ0n) is 21.2. The van der Waals surface area contributed by atoms with Crippen molar-refractivity contribution in [1.29, 1.82) is 0 Å². The van der Waals surface area contributed by atoms with Gasteiger partial charge in [0.25, 0.3) is 5.91 Å². The first-order valence-corrected chi connectivity index (χ1v) is 12.4. The van der Waals surface area contributed by atoms with Gasteiger partial charge in [-0.05, 0) is 50.7 Å². The zero-order valence-corrected chi connectivity index (χ0v) is 21.2. The fourth-order valence-electron chi connectivity index (χ4n) is 4.71. The van der Waals surface area contributed by atoms with Gasteiger partial charge in [0.1, 0.15) is 5.60 Å². The molecular formula is C27H36N4O4. The van der Waals surface area contributed by atoms with Crippen LogP contribution in [0, 0.1) is 5.92 Å². The lowest BCUT2D eigenvalue weighted by Gasteiger charge is -2.47. The predicted octanol–water partition coefficient (Wildman–Crippen LogP) is 4.49. The molecule has 1 aromatic heterocycles. The van der Waals surface area contributed by atoms with Crippen LogP contribution in [0.4, 0.5) is 4.79 Å². The maximum absolute atomic E-state index is 13.0. The molecule has 35 heavy (non-hydrogen) atoms. The van der Waals surface area contributed by atoms with Crippen molar-refractivity contribution < 1.29 is 19.4 Å². The smallest absolute Gasteiger partial charge is 0.410 e. The Morgan fingerprint density at radius 2 is 1.80 bits per heavy atom. The molecule has 1 aliphatic heterocycles. The van der Waals surface area contributed by atoms with Crippen LogP contribution in [0.25, 0.3) is 11.1 Å². The second-order valence-corrected chi connectivity index (χ2v) is 10.9. The molecule has 8 heteroatoms. The van der Waals surface area contributed by atoms with Crippen LogP contribution in [0.15, 0.2) is 36.7 Å². The lowest BCUT2D eigenvalue weighted by Crippen LogP contribution is -2.55. The minimum atomic E-state index is -0.920. The van der Waals surface area contributed by atoms with E-state index in [0.29, 0.717) is 19.4 Å². The van der Waals surface area contributed by atoms with E-state index < -0.39 is 11.2 Å². The second kappa shape index (κ2) is 9.57. The van der Waals surface area contributed by atoms with E-state index in [9.17, 15) is 14.7 Å². The van der Waals surface area contributed by atoms with Gasteiger partial charge in [-0.3, -0.25) is 4.79 Å². The molecule has 2 heterocycles. The van der Waals surface area contributed by atoms with Gasteiger partial charge in [-0.2, -0.15) is 0 Å². The van der Waals surface area contributed by atoms with Crippen molar-refractivity contribution in [3.63, 3.8) is 0 Å². The highest BCUT2D eigenvalue weighted by molar-refractivity contribution is 5.91. The van der Waals surface area contributed by atoms with Gasteiger partial charge in [0.15, 0.2) is 0 Å². The number of hydrogen-bond donors (Lipinski definition) is 2. The van der Waals surface area contributed by atoms with Gasteiger partial charge in [0.2, 0.25) is 5.82 Å². The molecule has 2 atom stereocenters. The quantitative estimate of drug-likeness (QED) is 0.577. The number of ether oxygens (including phenoxy) is 1. The minimum Gasteiger partial charge on any atom is -0.442 e. The van der Waals surface area contributed by atoms with Crippen molar-refractivity contribution in [2.75, 3.05) is 6.54 Å². The topological polar surface area (TPSA) is 105 Å². The van der Waals surface area contributed by atoms with Crippen LogP contribution >= 0.6 is 0 Å². The summed E-state index contributed by atoms with van der Waals surface area (Å²) in [5.41, 5.74) is 1.15. The number of hydrogen-bond acceptors (Lipinski definition) is 6. The summed E-state index contributed by atoms with van der Waals surface area (Å²) in [4.78, 5) is 35.3. The number of nitrogens with one attached hydrogen (secondary N) is 1. The van der Waals surface area contributed by atoms with Crippen LogP contribution in [0.2, 0.25) is 0 Å². The van der Waals surface area contributed by atoms with Crippen LogP contribution in [-0.4, -0.2) is 55.8 Å². The minimum absolute atomic E-state index is 0.100. The maximum atomic E-state index is 13.0. The number of aliphatic hydroxyl groups is 1. The molecule has 2 unspecified atom stereocenters. The molecule has 8 nitrogen and oxygen atoms in total. The molecule has 0 radical (unpaired) electrons. The Morgan fingerprint density at radius 3 is 2.31 bits per heavy atom. The van der Waals surface area contributed by atoms with Crippen LogP contribution in [0.5, 0.6) is 0 Å². The van der Waals surface area contributed by atoms with E-state index in [1.165, 1.54) is 0 Å². The van der Waals surface area contributed by atoms with Gasteiger partial charge in [-0.1, -0.05) is 38.1 Å². The van der Waals surface area contributed by atoms with Crippen molar-refractivity contribution in [3.05, 3.63) is 48.0 Å². The molecule has 1 saturated heterocycles. The van der Waals surface area contributed by atoms with E-state index in [-0.39, 0.29) is 35.8 Å². The van der Waals surface area contributed by atoms with E-state index in [2.05, 4.69) is 15.3 Å². The first-order valence-electron chi connectivity index (χ1n) is 12.4. The van der Waals surface area contributed by atoms with Crippen molar-refractivity contribution in [3.8, 4) is 11.1 Å². The largest absolute Gasteiger partial charge is 0.442 e. The van der Waals surface area contributed by atoms with Crippen LogP contribution in [0.1, 0.15) is 82.5 Å².